The molecule has 0 spiro atoms. The summed E-state index contributed by atoms with van der Waals surface area (Å²) in [5.74, 6) is -27.3. The van der Waals surface area contributed by atoms with Crippen LogP contribution in [0.5, 0.6) is 11.5 Å². The van der Waals surface area contributed by atoms with Crippen LogP contribution in [0.1, 0.15) is 0 Å². The molecule has 0 saturated heterocycles. The largest absolute Gasteiger partial charge is 0.514 e. The average Bonchev–Trinajstić information content (AvgIpc) is 2.86. The molecule has 2 rings (SSSR count). The maximum absolute atomic E-state index is 13.9. The van der Waals surface area contributed by atoms with Crippen LogP contribution in [0, 0.1) is 20.2 Å². The lowest BCUT2D eigenvalue weighted by molar-refractivity contribution is -0.385. The fourth-order valence-electron chi connectivity index (χ4n) is 2.46. The van der Waals surface area contributed by atoms with Crippen molar-refractivity contribution >= 4 is 23.7 Å². The summed E-state index contributed by atoms with van der Waals surface area (Å²) in [6.07, 6.45) is -4.37. The number of carbonyl (C=O) groups excluding carboxylic acids is 2. The summed E-state index contributed by atoms with van der Waals surface area (Å²) < 4.78 is 127. The van der Waals surface area contributed by atoms with Crippen molar-refractivity contribution in [1.82, 2.24) is 0 Å². The monoisotopic (exact) mass is 592 g/mol. The minimum absolute atomic E-state index is 0.501. The minimum atomic E-state index is -6.91. The first-order chi connectivity index (χ1) is 18.3. The maximum atomic E-state index is 13.9. The fraction of sp³-hybridized carbons (Fsp3) is 0.300. The van der Waals surface area contributed by atoms with Crippen LogP contribution in [-0.2, 0) is 9.47 Å². The number of benzene rings is 2. The number of carbonyl (C=O) groups is 2. The van der Waals surface area contributed by atoms with Crippen LogP contribution < -0.4 is 9.47 Å². The lowest BCUT2D eigenvalue weighted by Crippen LogP contribution is -2.64. The van der Waals surface area contributed by atoms with Gasteiger partial charge in [0.1, 0.15) is 11.5 Å². The Hall–Kier alpha value is -4.78. The van der Waals surface area contributed by atoms with Crippen molar-refractivity contribution < 1.29 is 73.5 Å². The average molecular weight is 592 g/mol. The number of rotatable bonds is 11. The smallest absolute Gasteiger partial charge is 0.427 e. The molecule has 0 aliphatic carbocycles. The van der Waals surface area contributed by atoms with Crippen molar-refractivity contribution in [2.45, 2.75) is 23.7 Å². The van der Waals surface area contributed by atoms with Crippen molar-refractivity contribution in [2.24, 2.45) is 0 Å². The van der Waals surface area contributed by atoms with Crippen molar-refractivity contribution in [1.29, 1.82) is 0 Å². The zero-order chi connectivity index (χ0) is 30.5. The van der Waals surface area contributed by atoms with Gasteiger partial charge in [0.2, 0.25) is 0 Å². The zero-order valence-corrected chi connectivity index (χ0v) is 19.0. The van der Waals surface area contributed by atoms with E-state index in [1.54, 1.807) is 0 Å². The van der Waals surface area contributed by atoms with Gasteiger partial charge in [-0.05, 0) is 24.3 Å². The Morgan fingerprint density at radius 1 is 0.600 bits per heavy atom. The van der Waals surface area contributed by atoms with Gasteiger partial charge in [0, 0.05) is 24.3 Å². The maximum Gasteiger partial charge on any atom is 0.514 e. The Morgan fingerprint density at radius 3 is 1.12 bits per heavy atom. The molecule has 0 unspecified atom stereocenters. The van der Waals surface area contributed by atoms with Gasteiger partial charge < -0.3 is 18.9 Å². The molecule has 12 nitrogen and oxygen atoms in total. The molecule has 0 amide bonds. The molecular weight excluding hydrogens is 580 g/mol. The molecule has 2 aromatic carbocycles. The summed E-state index contributed by atoms with van der Waals surface area (Å²) in [4.78, 5) is 42.2. The summed E-state index contributed by atoms with van der Waals surface area (Å²) in [5, 5.41) is 21.1. The van der Waals surface area contributed by atoms with Crippen LogP contribution >= 0.6 is 0 Å². The predicted octanol–water partition coefficient (Wildman–Crippen LogP) is 5.78. The molecule has 0 radical (unpaired) electrons. The topological polar surface area (TPSA) is 157 Å². The molecule has 0 fully saturated rings. The van der Waals surface area contributed by atoms with E-state index in [-0.39, 0.29) is 0 Å². The highest BCUT2D eigenvalue weighted by Crippen LogP contribution is 2.52. The van der Waals surface area contributed by atoms with E-state index in [2.05, 4.69) is 18.9 Å². The summed E-state index contributed by atoms with van der Waals surface area (Å²) >= 11 is 0. The van der Waals surface area contributed by atoms with E-state index in [0.29, 0.717) is 0 Å². The van der Waals surface area contributed by atoms with Gasteiger partial charge in [0.15, 0.2) is 13.2 Å². The van der Waals surface area contributed by atoms with Gasteiger partial charge in [0.05, 0.1) is 9.85 Å². The second-order valence-corrected chi connectivity index (χ2v) is 7.34. The highest BCUT2D eigenvalue weighted by Gasteiger charge is 2.81. The SMILES string of the molecule is O=C(OCC(F)(F)C(F)(F)C(F)(F)C(F)(F)COC(=O)Oc1ccc([N+](=O)[O-])cc1)Oc1ccc([N+](=O)[O-])cc1. The first-order valence-corrected chi connectivity index (χ1v) is 10.00. The first-order valence-electron chi connectivity index (χ1n) is 10.00. The number of hydrogen-bond donors (Lipinski definition) is 0. The highest BCUT2D eigenvalue weighted by molar-refractivity contribution is 5.64. The van der Waals surface area contributed by atoms with Crippen LogP contribution in [-0.4, -0.2) is 59.1 Å². The summed E-state index contributed by atoms with van der Waals surface area (Å²) in [6.45, 7) is -5.78. The van der Waals surface area contributed by atoms with E-state index in [1.807, 2.05) is 0 Å². The Morgan fingerprint density at radius 2 is 0.875 bits per heavy atom. The van der Waals surface area contributed by atoms with Crippen LogP contribution in [0.2, 0.25) is 0 Å². The third-order valence-corrected chi connectivity index (χ3v) is 4.55. The van der Waals surface area contributed by atoms with Crippen molar-refractivity contribution in [3.63, 3.8) is 0 Å². The van der Waals surface area contributed by atoms with E-state index >= 15 is 0 Å². The lowest BCUT2D eigenvalue weighted by atomic mass is 9.99. The number of ether oxygens (including phenoxy) is 4. The van der Waals surface area contributed by atoms with Crippen molar-refractivity contribution in [2.75, 3.05) is 13.2 Å². The number of halogens is 8. The van der Waals surface area contributed by atoms with Crippen molar-refractivity contribution in [3.8, 4) is 11.5 Å². The van der Waals surface area contributed by atoms with E-state index in [9.17, 15) is 64.9 Å². The molecule has 0 heterocycles. The molecule has 218 valence electrons. The molecule has 0 aromatic heterocycles. The normalized spacial score (nSPS) is 12.3. The van der Waals surface area contributed by atoms with E-state index in [1.165, 1.54) is 0 Å². The molecule has 20 heteroatoms. The molecule has 0 bridgehead atoms. The molecular formula is C20H12F8N2O10. The number of nitro benzene ring substituents is 2. The molecule has 40 heavy (non-hydrogen) atoms. The highest BCUT2D eigenvalue weighted by atomic mass is 19.4. The predicted molar refractivity (Wildman–Crippen MR) is 110 cm³/mol. The van der Waals surface area contributed by atoms with Gasteiger partial charge in [-0.25, -0.2) is 9.59 Å². The number of nitro groups is 2. The minimum Gasteiger partial charge on any atom is -0.427 e. The summed E-state index contributed by atoms with van der Waals surface area (Å²) in [6, 6.07) is 6.13. The van der Waals surface area contributed by atoms with Gasteiger partial charge in [-0.15, -0.1) is 0 Å². The van der Waals surface area contributed by atoms with Gasteiger partial charge in [-0.3, -0.25) is 20.2 Å². The third kappa shape index (κ3) is 6.99. The second kappa shape index (κ2) is 11.5. The Balaban J connectivity index is 2.01. The molecule has 0 aliphatic heterocycles. The number of non-ortho nitro benzene ring substituents is 2. The second-order valence-electron chi connectivity index (χ2n) is 7.34. The number of alkyl halides is 8. The molecule has 0 atom stereocenters. The fourth-order valence-corrected chi connectivity index (χ4v) is 2.46. The molecule has 0 aliphatic rings. The van der Waals surface area contributed by atoms with Crippen LogP contribution in [0.4, 0.5) is 56.1 Å². The summed E-state index contributed by atoms with van der Waals surface area (Å²) in [5.41, 5.74) is -1.00. The molecule has 0 N–H and O–H groups in total. The first kappa shape index (κ1) is 31.4. The standard InChI is InChI=1S/C20H12F8N2O10/c21-17(22,9-37-15(31)39-13-5-1-11(2-6-13)29(33)34)19(25,26)20(27,28)18(23,24)10-38-16(32)40-14-7-3-12(4-8-14)30(35)36/h1-8H,9-10H2. The van der Waals surface area contributed by atoms with Gasteiger partial charge in [0.25, 0.3) is 11.4 Å². The lowest BCUT2D eigenvalue weighted by Gasteiger charge is -2.36. The van der Waals surface area contributed by atoms with Crippen molar-refractivity contribution in [3.05, 3.63) is 68.8 Å². The van der Waals surface area contributed by atoms with Gasteiger partial charge in [-0.2, -0.15) is 35.1 Å². The van der Waals surface area contributed by atoms with Crippen LogP contribution in [0.15, 0.2) is 48.5 Å². The zero-order valence-electron chi connectivity index (χ0n) is 19.0. The number of nitrogens with zero attached hydrogens (tertiary/aromatic N) is 2. The van der Waals surface area contributed by atoms with E-state index in [4.69, 9.17) is 0 Å². The Labute approximate surface area is 215 Å². The van der Waals surface area contributed by atoms with Crippen LogP contribution in [0.3, 0.4) is 0 Å². The van der Waals surface area contributed by atoms with E-state index in [0.717, 1.165) is 48.5 Å². The molecule has 0 saturated carbocycles. The van der Waals surface area contributed by atoms with Gasteiger partial charge >= 0.3 is 36.0 Å². The van der Waals surface area contributed by atoms with Gasteiger partial charge in [-0.1, -0.05) is 0 Å². The van der Waals surface area contributed by atoms with E-state index < -0.39 is 81.9 Å². The Kier molecular flexibility index (Phi) is 9.07. The number of hydrogen-bond acceptors (Lipinski definition) is 10. The van der Waals surface area contributed by atoms with Crippen LogP contribution in [0.25, 0.3) is 0 Å². The molecule has 2 aromatic rings. The third-order valence-electron chi connectivity index (χ3n) is 4.55. The quantitative estimate of drug-likeness (QED) is 0.103. The Bertz CT molecular complexity index is 1160. The summed E-state index contributed by atoms with van der Waals surface area (Å²) in [7, 11) is 0.